The Morgan fingerprint density at radius 2 is 1.86 bits per heavy atom. The highest BCUT2D eigenvalue weighted by Gasteiger charge is 2.14. The minimum absolute atomic E-state index is 0.254. The Labute approximate surface area is 175 Å². The number of furan rings is 1. The summed E-state index contributed by atoms with van der Waals surface area (Å²) in [5.74, 6) is 1.05. The molecule has 0 atom stereocenters. The summed E-state index contributed by atoms with van der Waals surface area (Å²) in [6.07, 6.45) is 2.35. The van der Waals surface area contributed by atoms with Crippen molar-refractivity contribution in [2.24, 2.45) is 0 Å². The maximum Gasteiger partial charge on any atom is 0.293 e. The quantitative estimate of drug-likeness (QED) is 0.369. The number of aromatic nitrogens is 1. The van der Waals surface area contributed by atoms with Gasteiger partial charge in [-0.2, -0.15) is 0 Å². The van der Waals surface area contributed by atoms with Crippen molar-refractivity contribution in [3.05, 3.63) is 101 Å². The maximum atomic E-state index is 13.0. The molecule has 29 heavy (non-hydrogen) atoms. The molecule has 0 unspecified atom stereocenters. The Hall–Kier alpha value is -2.90. The number of carbonyl (C=O) groups excluding carboxylic acids is 1. The average molecular weight is 425 g/mol. The van der Waals surface area contributed by atoms with Crippen molar-refractivity contribution in [2.45, 2.75) is 17.1 Å². The van der Waals surface area contributed by atoms with Gasteiger partial charge in [0.15, 0.2) is 10.9 Å². The lowest BCUT2D eigenvalue weighted by Crippen LogP contribution is -2.10. The topological polar surface area (TPSA) is 55.1 Å². The molecule has 0 aliphatic heterocycles. The average Bonchev–Trinajstić information content (AvgIpc) is 3.39. The predicted octanol–water partition coefficient (Wildman–Crippen LogP) is 6.01. The van der Waals surface area contributed by atoms with E-state index in [4.69, 9.17) is 4.42 Å². The second-order valence-electron chi connectivity index (χ2n) is 6.26. The van der Waals surface area contributed by atoms with Crippen LogP contribution in [-0.2, 0) is 12.2 Å². The zero-order chi connectivity index (χ0) is 20.1. The fourth-order valence-corrected chi connectivity index (χ4v) is 4.31. The molecule has 4 rings (SSSR count). The van der Waals surface area contributed by atoms with Gasteiger partial charge in [0.2, 0.25) is 0 Å². The van der Waals surface area contributed by atoms with E-state index in [1.807, 2.05) is 36.4 Å². The molecular formula is C22H17FN2O2S2. The third kappa shape index (κ3) is 5.34. The van der Waals surface area contributed by atoms with E-state index in [1.165, 1.54) is 23.5 Å². The van der Waals surface area contributed by atoms with Crippen LogP contribution in [0.25, 0.3) is 0 Å². The van der Waals surface area contributed by atoms with Crippen molar-refractivity contribution < 1.29 is 13.6 Å². The maximum absolute atomic E-state index is 13.0. The first-order valence-corrected chi connectivity index (χ1v) is 10.7. The predicted molar refractivity (Wildman–Crippen MR) is 114 cm³/mol. The third-order valence-electron chi connectivity index (χ3n) is 4.08. The first kappa shape index (κ1) is 19.4. The molecule has 0 spiro atoms. The Balaban J connectivity index is 1.33. The minimum atomic E-state index is -0.330. The zero-order valence-electron chi connectivity index (χ0n) is 15.3. The third-order valence-corrected chi connectivity index (χ3v) is 6.02. The van der Waals surface area contributed by atoms with Gasteiger partial charge < -0.3 is 4.42 Å². The Bertz CT molecular complexity index is 1090. The minimum Gasteiger partial charge on any atom is -0.455 e. The van der Waals surface area contributed by atoms with Gasteiger partial charge in [0.25, 0.3) is 5.91 Å². The molecule has 0 radical (unpaired) electrons. The molecule has 0 bridgehead atoms. The van der Waals surface area contributed by atoms with Crippen LogP contribution in [0.2, 0.25) is 0 Å². The molecule has 4 aromatic rings. The van der Waals surface area contributed by atoms with Crippen LogP contribution in [0.3, 0.4) is 0 Å². The van der Waals surface area contributed by atoms with E-state index < -0.39 is 0 Å². The smallest absolute Gasteiger partial charge is 0.293 e. The van der Waals surface area contributed by atoms with E-state index >= 15 is 0 Å². The van der Waals surface area contributed by atoms with Crippen LogP contribution in [0, 0.1) is 5.82 Å². The summed E-state index contributed by atoms with van der Waals surface area (Å²) < 4.78 is 18.7. The molecule has 1 amide bonds. The second kappa shape index (κ2) is 9.07. The molecule has 1 N–H and O–H groups in total. The van der Waals surface area contributed by atoms with E-state index in [1.54, 1.807) is 36.2 Å². The number of benzene rings is 2. The lowest BCUT2D eigenvalue weighted by molar-refractivity contribution is 0.0995. The monoisotopic (exact) mass is 424 g/mol. The number of rotatable bonds is 7. The summed E-state index contributed by atoms with van der Waals surface area (Å²) in [6.45, 7) is 0. The van der Waals surface area contributed by atoms with Crippen LogP contribution in [0.5, 0.6) is 0 Å². The molecule has 0 saturated heterocycles. The van der Waals surface area contributed by atoms with Crippen LogP contribution >= 0.6 is 23.1 Å². The Morgan fingerprint density at radius 1 is 1.07 bits per heavy atom. The van der Waals surface area contributed by atoms with Crippen molar-refractivity contribution in [1.82, 2.24) is 4.98 Å². The molecule has 0 aliphatic rings. The lowest BCUT2D eigenvalue weighted by atomic mass is 10.1. The summed E-state index contributed by atoms with van der Waals surface area (Å²) in [7, 11) is 0. The molecule has 2 aromatic heterocycles. The Kier molecular flexibility index (Phi) is 6.07. The van der Waals surface area contributed by atoms with Crippen molar-refractivity contribution in [1.29, 1.82) is 0 Å². The number of anilines is 1. The number of thiazole rings is 1. The van der Waals surface area contributed by atoms with Crippen molar-refractivity contribution >= 4 is 34.1 Å². The molecular weight excluding hydrogens is 407 g/mol. The van der Waals surface area contributed by atoms with E-state index in [-0.39, 0.29) is 17.5 Å². The van der Waals surface area contributed by atoms with Crippen molar-refractivity contribution in [3.63, 3.8) is 0 Å². The van der Waals surface area contributed by atoms with Crippen LogP contribution in [0.15, 0.2) is 82.2 Å². The number of amides is 1. The van der Waals surface area contributed by atoms with Crippen LogP contribution < -0.4 is 5.32 Å². The molecule has 0 aliphatic carbocycles. The highest BCUT2D eigenvalue weighted by atomic mass is 32.2. The number of hydrogen-bond donors (Lipinski definition) is 1. The standard InChI is InChI=1S/C22H17FN2O2S2/c23-16-8-6-15(7-9-16)12-19-13-24-22(29-19)25-21(26)20-11-10-17(27-20)14-28-18-4-2-1-3-5-18/h1-11,13H,12,14H2,(H,24,25,26). The summed E-state index contributed by atoms with van der Waals surface area (Å²) >= 11 is 3.04. The van der Waals surface area contributed by atoms with E-state index in [2.05, 4.69) is 10.3 Å². The molecule has 146 valence electrons. The summed E-state index contributed by atoms with van der Waals surface area (Å²) in [5.41, 5.74) is 0.986. The molecule has 7 heteroatoms. The number of nitrogens with zero attached hydrogens (tertiary/aromatic N) is 1. The van der Waals surface area contributed by atoms with Crippen molar-refractivity contribution in [2.75, 3.05) is 5.32 Å². The van der Waals surface area contributed by atoms with Gasteiger partial charge in [0, 0.05) is 22.4 Å². The fourth-order valence-electron chi connectivity index (χ4n) is 2.66. The van der Waals surface area contributed by atoms with Gasteiger partial charge in [-0.1, -0.05) is 30.3 Å². The van der Waals surface area contributed by atoms with Crippen LogP contribution in [0.4, 0.5) is 9.52 Å². The van der Waals surface area contributed by atoms with Gasteiger partial charge >= 0.3 is 0 Å². The summed E-state index contributed by atoms with van der Waals surface area (Å²) in [4.78, 5) is 18.8. The summed E-state index contributed by atoms with van der Waals surface area (Å²) in [6, 6.07) is 19.9. The van der Waals surface area contributed by atoms with E-state index in [9.17, 15) is 9.18 Å². The molecule has 0 saturated carbocycles. The first-order valence-electron chi connectivity index (χ1n) is 8.93. The highest BCUT2D eigenvalue weighted by molar-refractivity contribution is 7.98. The van der Waals surface area contributed by atoms with E-state index in [0.29, 0.717) is 17.3 Å². The first-order chi connectivity index (χ1) is 14.2. The normalized spacial score (nSPS) is 10.8. The van der Waals surface area contributed by atoms with Gasteiger partial charge in [0.05, 0.1) is 5.75 Å². The molecule has 2 aromatic carbocycles. The summed E-state index contributed by atoms with van der Waals surface area (Å²) in [5, 5.41) is 3.27. The van der Waals surface area contributed by atoms with E-state index in [0.717, 1.165) is 21.1 Å². The van der Waals surface area contributed by atoms with Gasteiger partial charge in [-0.25, -0.2) is 9.37 Å². The number of hydrogen-bond acceptors (Lipinski definition) is 5. The van der Waals surface area contributed by atoms with Gasteiger partial charge in [-0.05, 0) is 42.0 Å². The zero-order valence-corrected chi connectivity index (χ0v) is 16.9. The largest absolute Gasteiger partial charge is 0.455 e. The molecule has 2 heterocycles. The number of halogens is 1. The SMILES string of the molecule is O=C(Nc1ncc(Cc2ccc(F)cc2)s1)c1ccc(CSc2ccccc2)o1. The van der Waals surface area contributed by atoms with Crippen LogP contribution in [-0.4, -0.2) is 10.9 Å². The van der Waals surface area contributed by atoms with Crippen LogP contribution in [0.1, 0.15) is 26.8 Å². The number of nitrogens with one attached hydrogen (secondary N) is 1. The van der Waals surface area contributed by atoms with Gasteiger partial charge in [-0.15, -0.1) is 23.1 Å². The number of thioether (sulfide) groups is 1. The molecule has 4 nitrogen and oxygen atoms in total. The lowest BCUT2D eigenvalue weighted by Gasteiger charge is -2.00. The fraction of sp³-hybridized carbons (Fsp3) is 0.0909. The van der Waals surface area contributed by atoms with Crippen molar-refractivity contribution in [3.8, 4) is 0 Å². The van der Waals surface area contributed by atoms with Gasteiger partial charge in [-0.3, -0.25) is 10.1 Å². The highest BCUT2D eigenvalue weighted by Crippen LogP contribution is 2.25. The number of carbonyl (C=O) groups is 1. The van der Waals surface area contributed by atoms with Gasteiger partial charge in [0.1, 0.15) is 11.6 Å². The Morgan fingerprint density at radius 3 is 2.66 bits per heavy atom. The molecule has 0 fully saturated rings. The second-order valence-corrected chi connectivity index (χ2v) is 8.42.